The SMILES string of the molecule is CCC(=O)Nc1nnc(S(=O)(=O)NCCCOC)s1. The van der Waals surface area contributed by atoms with E-state index in [0.29, 0.717) is 13.0 Å². The number of anilines is 1. The van der Waals surface area contributed by atoms with Gasteiger partial charge >= 0.3 is 0 Å². The molecule has 0 radical (unpaired) electrons. The van der Waals surface area contributed by atoms with Crippen molar-refractivity contribution in [2.45, 2.75) is 24.1 Å². The summed E-state index contributed by atoms with van der Waals surface area (Å²) in [6.45, 7) is 2.41. The van der Waals surface area contributed by atoms with E-state index in [-0.39, 0.29) is 28.3 Å². The average Bonchev–Trinajstić information content (AvgIpc) is 2.84. The number of sulfonamides is 1. The Morgan fingerprint density at radius 2 is 2.16 bits per heavy atom. The summed E-state index contributed by atoms with van der Waals surface area (Å²) < 4.78 is 30.6. The van der Waals surface area contributed by atoms with Crippen molar-refractivity contribution in [3.63, 3.8) is 0 Å². The van der Waals surface area contributed by atoms with Gasteiger partial charge in [-0.05, 0) is 6.42 Å². The number of hydrogen-bond acceptors (Lipinski definition) is 7. The van der Waals surface area contributed by atoms with Crippen molar-refractivity contribution >= 4 is 32.4 Å². The first-order valence-corrected chi connectivity index (χ1v) is 7.91. The van der Waals surface area contributed by atoms with E-state index in [1.165, 1.54) is 0 Å². The predicted octanol–water partition coefficient (Wildman–Crippen LogP) is 0.201. The van der Waals surface area contributed by atoms with Crippen molar-refractivity contribution in [1.82, 2.24) is 14.9 Å². The highest BCUT2D eigenvalue weighted by Crippen LogP contribution is 2.19. The second-order valence-corrected chi connectivity index (χ2v) is 6.44. The molecule has 2 N–H and O–H groups in total. The molecule has 0 aromatic carbocycles. The largest absolute Gasteiger partial charge is 0.385 e. The van der Waals surface area contributed by atoms with Crippen LogP contribution in [-0.4, -0.2) is 44.8 Å². The van der Waals surface area contributed by atoms with Gasteiger partial charge in [-0.25, -0.2) is 13.1 Å². The van der Waals surface area contributed by atoms with Crippen LogP contribution in [0.15, 0.2) is 4.34 Å². The first-order chi connectivity index (χ1) is 8.99. The average molecular weight is 308 g/mol. The first-order valence-electron chi connectivity index (χ1n) is 5.61. The molecule has 1 aromatic heterocycles. The molecule has 10 heteroatoms. The summed E-state index contributed by atoms with van der Waals surface area (Å²) in [6, 6.07) is 0. The molecule has 8 nitrogen and oxygen atoms in total. The van der Waals surface area contributed by atoms with Gasteiger partial charge in [0.15, 0.2) is 0 Å². The summed E-state index contributed by atoms with van der Waals surface area (Å²) in [5.41, 5.74) is 0. The number of carbonyl (C=O) groups is 1. The zero-order valence-corrected chi connectivity index (χ0v) is 12.3. The minimum Gasteiger partial charge on any atom is -0.385 e. The van der Waals surface area contributed by atoms with Gasteiger partial charge in [0, 0.05) is 26.7 Å². The van der Waals surface area contributed by atoms with Crippen LogP contribution >= 0.6 is 11.3 Å². The summed E-state index contributed by atoms with van der Waals surface area (Å²) in [5.74, 6) is -0.242. The molecule has 0 aliphatic heterocycles. The third-order valence-electron chi connectivity index (χ3n) is 2.02. The molecule has 0 bridgehead atoms. The second kappa shape index (κ2) is 7.48. The Balaban J connectivity index is 2.61. The van der Waals surface area contributed by atoms with Gasteiger partial charge < -0.3 is 10.1 Å². The number of amides is 1. The lowest BCUT2D eigenvalue weighted by molar-refractivity contribution is -0.115. The van der Waals surface area contributed by atoms with Crippen molar-refractivity contribution in [3.8, 4) is 0 Å². The monoisotopic (exact) mass is 308 g/mol. The molecule has 0 unspecified atom stereocenters. The normalized spacial score (nSPS) is 11.5. The molecule has 0 fully saturated rings. The van der Waals surface area contributed by atoms with Crippen LogP contribution in [0.1, 0.15) is 19.8 Å². The lowest BCUT2D eigenvalue weighted by Crippen LogP contribution is -2.25. The predicted molar refractivity (Wildman–Crippen MR) is 70.5 cm³/mol. The molecule has 19 heavy (non-hydrogen) atoms. The number of methoxy groups -OCH3 is 1. The number of rotatable bonds is 8. The van der Waals surface area contributed by atoms with Gasteiger partial charge in [0.05, 0.1) is 0 Å². The van der Waals surface area contributed by atoms with Crippen molar-refractivity contribution in [2.75, 3.05) is 25.6 Å². The fourth-order valence-corrected chi connectivity index (χ4v) is 3.09. The van der Waals surface area contributed by atoms with Gasteiger partial charge in [-0.1, -0.05) is 18.3 Å². The Morgan fingerprint density at radius 3 is 2.79 bits per heavy atom. The Morgan fingerprint density at radius 1 is 1.42 bits per heavy atom. The van der Waals surface area contributed by atoms with E-state index in [0.717, 1.165) is 11.3 Å². The highest BCUT2D eigenvalue weighted by Gasteiger charge is 2.20. The summed E-state index contributed by atoms with van der Waals surface area (Å²) in [6.07, 6.45) is 0.852. The number of ether oxygens (including phenoxy) is 1. The van der Waals surface area contributed by atoms with Crippen molar-refractivity contribution in [2.24, 2.45) is 0 Å². The Labute approximate surface area is 115 Å². The van der Waals surface area contributed by atoms with E-state index in [2.05, 4.69) is 20.2 Å². The van der Waals surface area contributed by atoms with Crippen LogP contribution in [-0.2, 0) is 19.6 Å². The third kappa shape index (κ3) is 5.19. The number of hydrogen-bond donors (Lipinski definition) is 2. The van der Waals surface area contributed by atoms with Gasteiger partial charge in [-0.3, -0.25) is 4.79 Å². The minimum atomic E-state index is -3.67. The quantitative estimate of drug-likeness (QED) is 0.524. The maximum atomic E-state index is 11.8. The first kappa shape index (κ1) is 16.0. The van der Waals surface area contributed by atoms with Gasteiger partial charge in [0.25, 0.3) is 10.0 Å². The molecule has 1 rings (SSSR count). The molecule has 0 saturated carbocycles. The number of carbonyl (C=O) groups excluding carboxylic acids is 1. The maximum Gasteiger partial charge on any atom is 0.269 e. The fraction of sp³-hybridized carbons (Fsp3) is 0.667. The summed E-state index contributed by atoms with van der Waals surface area (Å²) in [4.78, 5) is 11.1. The molecule has 1 amide bonds. The van der Waals surface area contributed by atoms with Crippen LogP contribution in [0.2, 0.25) is 0 Å². The zero-order chi connectivity index (χ0) is 14.3. The Hall–Kier alpha value is -1.10. The summed E-state index contributed by atoms with van der Waals surface area (Å²) in [7, 11) is -2.13. The lowest BCUT2D eigenvalue weighted by atomic mass is 10.5. The Bertz CT molecular complexity index is 514. The summed E-state index contributed by atoms with van der Waals surface area (Å²) >= 11 is 0.811. The lowest BCUT2D eigenvalue weighted by Gasteiger charge is -2.02. The fourth-order valence-electron chi connectivity index (χ4n) is 1.06. The van der Waals surface area contributed by atoms with Crippen molar-refractivity contribution < 1.29 is 17.9 Å². The molecular weight excluding hydrogens is 292 g/mol. The second-order valence-electron chi connectivity index (χ2n) is 3.52. The third-order valence-corrected chi connectivity index (χ3v) is 4.69. The zero-order valence-electron chi connectivity index (χ0n) is 10.7. The highest BCUT2D eigenvalue weighted by atomic mass is 32.2. The van der Waals surface area contributed by atoms with Crippen LogP contribution in [0.5, 0.6) is 0 Å². The van der Waals surface area contributed by atoms with Crippen LogP contribution in [0.25, 0.3) is 0 Å². The summed E-state index contributed by atoms with van der Waals surface area (Å²) in [5, 5.41) is 9.78. The molecular formula is C9H16N4O4S2. The molecule has 0 atom stereocenters. The highest BCUT2D eigenvalue weighted by molar-refractivity contribution is 7.91. The van der Waals surface area contributed by atoms with Crippen LogP contribution in [0.3, 0.4) is 0 Å². The van der Waals surface area contributed by atoms with E-state index in [1.807, 2.05) is 0 Å². The van der Waals surface area contributed by atoms with Crippen LogP contribution < -0.4 is 10.0 Å². The molecule has 0 spiro atoms. The van der Waals surface area contributed by atoms with Crippen LogP contribution in [0, 0.1) is 0 Å². The minimum absolute atomic E-state index is 0.170. The smallest absolute Gasteiger partial charge is 0.269 e. The van der Waals surface area contributed by atoms with Crippen LogP contribution in [0.4, 0.5) is 5.13 Å². The van der Waals surface area contributed by atoms with Gasteiger partial charge in [-0.15, -0.1) is 10.2 Å². The molecule has 1 heterocycles. The standard InChI is InChI=1S/C9H16N4O4S2/c1-3-7(14)11-8-12-13-9(18-8)19(15,16)10-5-4-6-17-2/h10H,3-6H2,1-2H3,(H,11,12,14). The van der Waals surface area contributed by atoms with E-state index < -0.39 is 10.0 Å². The van der Waals surface area contributed by atoms with Gasteiger partial charge in [-0.2, -0.15) is 0 Å². The topological polar surface area (TPSA) is 110 Å². The van der Waals surface area contributed by atoms with Gasteiger partial charge in [0.2, 0.25) is 15.4 Å². The van der Waals surface area contributed by atoms with E-state index in [4.69, 9.17) is 4.74 Å². The Kier molecular flexibility index (Phi) is 6.28. The number of nitrogens with one attached hydrogen (secondary N) is 2. The molecule has 0 aliphatic rings. The van der Waals surface area contributed by atoms with E-state index >= 15 is 0 Å². The van der Waals surface area contributed by atoms with E-state index in [1.54, 1.807) is 14.0 Å². The van der Waals surface area contributed by atoms with E-state index in [9.17, 15) is 13.2 Å². The van der Waals surface area contributed by atoms with Gasteiger partial charge in [0.1, 0.15) is 0 Å². The van der Waals surface area contributed by atoms with Crippen molar-refractivity contribution in [1.29, 1.82) is 0 Å². The molecule has 1 aromatic rings. The maximum absolute atomic E-state index is 11.8. The molecule has 108 valence electrons. The molecule has 0 aliphatic carbocycles. The van der Waals surface area contributed by atoms with Crippen molar-refractivity contribution in [3.05, 3.63) is 0 Å². The molecule has 0 saturated heterocycles. The number of nitrogens with zero attached hydrogens (tertiary/aromatic N) is 2. The number of aromatic nitrogens is 2.